The SMILES string of the molecule is CC(=O)C(C)CC1COc2ccccc21. The van der Waals surface area contributed by atoms with E-state index in [0.717, 1.165) is 18.8 Å². The molecule has 2 atom stereocenters. The molecule has 2 heteroatoms. The highest BCUT2D eigenvalue weighted by molar-refractivity contribution is 5.77. The number of hydrogen-bond acceptors (Lipinski definition) is 2. The lowest BCUT2D eigenvalue weighted by Crippen LogP contribution is -2.12. The average Bonchev–Trinajstić information content (AvgIpc) is 2.62. The first kappa shape index (κ1) is 10.2. The molecule has 2 nitrogen and oxygen atoms in total. The second kappa shape index (κ2) is 4.05. The fourth-order valence-corrected chi connectivity index (χ4v) is 2.02. The summed E-state index contributed by atoms with van der Waals surface area (Å²) in [5.41, 5.74) is 1.26. The van der Waals surface area contributed by atoms with Crippen LogP contribution >= 0.6 is 0 Å². The summed E-state index contributed by atoms with van der Waals surface area (Å²) < 4.78 is 5.58. The van der Waals surface area contributed by atoms with Crippen LogP contribution in [0.2, 0.25) is 0 Å². The van der Waals surface area contributed by atoms with Crippen LogP contribution in [-0.4, -0.2) is 12.4 Å². The van der Waals surface area contributed by atoms with E-state index in [-0.39, 0.29) is 11.7 Å². The molecular formula is C13H16O2. The summed E-state index contributed by atoms with van der Waals surface area (Å²) in [6.45, 7) is 4.37. The molecule has 15 heavy (non-hydrogen) atoms. The molecule has 0 spiro atoms. The highest BCUT2D eigenvalue weighted by Gasteiger charge is 2.26. The lowest BCUT2D eigenvalue weighted by atomic mass is 9.89. The molecule has 0 aromatic heterocycles. The minimum atomic E-state index is 0.129. The maximum Gasteiger partial charge on any atom is 0.132 e. The maximum absolute atomic E-state index is 11.2. The molecule has 2 rings (SSSR count). The van der Waals surface area contributed by atoms with Crippen molar-refractivity contribution in [3.63, 3.8) is 0 Å². The number of carbonyl (C=O) groups is 1. The summed E-state index contributed by atoms with van der Waals surface area (Å²) >= 11 is 0. The van der Waals surface area contributed by atoms with Gasteiger partial charge in [-0.3, -0.25) is 4.79 Å². The zero-order chi connectivity index (χ0) is 10.8. The molecule has 1 aromatic rings. The minimum Gasteiger partial charge on any atom is -0.493 e. The number of para-hydroxylation sites is 1. The Labute approximate surface area is 90.3 Å². The molecule has 1 aliphatic heterocycles. The Morgan fingerprint density at radius 2 is 2.27 bits per heavy atom. The molecule has 0 aliphatic carbocycles. The van der Waals surface area contributed by atoms with Gasteiger partial charge in [0.1, 0.15) is 11.5 Å². The van der Waals surface area contributed by atoms with E-state index < -0.39 is 0 Å². The van der Waals surface area contributed by atoms with E-state index in [2.05, 4.69) is 6.07 Å². The van der Waals surface area contributed by atoms with Crippen LogP contribution in [0.3, 0.4) is 0 Å². The van der Waals surface area contributed by atoms with Gasteiger partial charge in [-0.15, -0.1) is 0 Å². The molecule has 0 radical (unpaired) electrons. The minimum absolute atomic E-state index is 0.129. The lowest BCUT2D eigenvalue weighted by Gasteiger charge is -2.12. The van der Waals surface area contributed by atoms with Crippen molar-refractivity contribution in [1.29, 1.82) is 0 Å². The van der Waals surface area contributed by atoms with Gasteiger partial charge in [0.25, 0.3) is 0 Å². The van der Waals surface area contributed by atoms with Crippen LogP contribution in [0.4, 0.5) is 0 Å². The number of carbonyl (C=O) groups excluding carboxylic acids is 1. The normalized spacial score (nSPS) is 20.5. The van der Waals surface area contributed by atoms with Gasteiger partial charge in [0, 0.05) is 17.4 Å². The summed E-state index contributed by atoms with van der Waals surface area (Å²) in [5.74, 6) is 1.77. The van der Waals surface area contributed by atoms with Crippen LogP contribution in [0.15, 0.2) is 24.3 Å². The number of Topliss-reactive ketones (excluding diaryl/α,β-unsaturated/α-hetero) is 1. The van der Waals surface area contributed by atoms with Gasteiger partial charge in [-0.25, -0.2) is 0 Å². The van der Waals surface area contributed by atoms with E-state index in [0.29, 0.717) is 5.92 Å². The third-order valence-corrected chi connectivity index (χ3v) is 3.13. The van der Waals surface area contributed by atoms with Crippen molar-refractivity contribution in [2.75, 3.05) is 6.61 Å². The van der Waals surface area contributed by atoms with Gasteiger partial charge in [-0.1, -0.05) is 25.1 Å². The van der Waals surface area contributed by atoms with Crippen LogP contribution in [0.25, 0.3) is 0 Å². The number of rotatable bonds is 3. The third kappa shape index (κ3) is 2.04. The standard InChI is InChI=1S/C13H16O2/c1-9(10(2)14)7-11-8-15-13-6-4-3-5-12(11)13/h3-6,9,11H,7-8H2,1-2H3. The molecule has 1 aliphatic rings. The van der Waals surface area contributed by atoms with Crippen molar-refractivity contribution in [2.24, 2.45) is 5.92 Å². The smallest absolute Gasteiger partial charge is 0.132 e. The predicted octanol–water partition coefficient (Wildman–Crippen LogP) is 2.78. The third-order valence-electron chi connectivity index (χ3n) is 3.13. The summed E-state index contributed by atoms with van der Waals surface area (Å²) in [6, 6.07) is 8.10. The van der Waals surface area contributed by atoms with Crippen LogP contribution < -0.4 is 4.74 Å². The quantitative estimate of drug-likeness (QED) is 0.756. The zero-order valence-electron chi connectivity index (χ0n) is 9.19. The topological polar surface area (TPSA) is 26.3 Å². The van der Waals surface area contributed by atoms with Crippen LogP contribution in [0.5, 0.6) is 5.75 Å². The van der Waals surface area contributed by atoms with Gasteiger partial charge < -0.3 is 4.74 Å². The Bertz CT molecular complexity index is 371. The Morgan fingerprint density at radius 1 is 1.53 bits per heavy atom. The molecule has 1 aromatic carbocycles. The predicted molar refractivity (Wildman–Crippen MR) is 59.1 cm³/mol. The van der Waals surface area contributed by atoms with Crippen molar-refractivity contribution >= 4 is 5.78 Å². The van der Waals surface area contributed by atoms with E-state index in [4.69, 9.17) is 4.74 Å². The van der Waals surface area contributed by atoms with Gasteiger partial charge >= 0.3 is 0 Å². The number of benzene rings is 1. The first-order valence-electron chi connectivity index (χ1n) is 5.40. The first-order valence-corrected chi connectivity index (χ1v) is 5.40. The van der Waals surface area contributed by atoms with E-state index >= 15 is 0 Å². The van der Waals surface area contributed by atoms with Crippen molar-refractivity contribution in [2.45, 2.75) is 26.2 Å². The van der Waals surface area contributed by atoms with Gasteiger partial charge in [0.15, 0.2) is 0 Å². The van der Waals surface area contributed by atoms with E-state index in [1.54, 1.807) is 6.92 Å². The number of ether oxygens (including phenoxy) is 1. The van der Waals surface area contributed by atoms with Crippen molar-refractivity contribution in [3.05, 3.63) is 29.8 Å². The van der Waals surface area contributed by atoms with E-state index in [1.807, 2.05) is 25.1 Å². The molecule has 0 saturated heterocycles. The molecule has 0 amide bonds. The Morgan fingerprint density at radius 3 is 3.00 bits per heavy atom. The molecule has 1 heterocycles. The van der Waals surface area contributed by atoms with Gasteiger partial charge in [0.2, 0.25) is 0 Å². The molecular weight excluding hydrogens is 188 g/mol. The fourth-order valence-electron chi connectivity index (χ4n) is 2.02. The number of ketones is 1. The molecule has 80 valence electrons. The van der Waals surface area contributed by atoms with Crippen molar-refractivity contribution < 1.29 is 9.53 Å². The first-order chi connectivity index (χ1) is 7.18. The van der Waals surface area contributed by atoms with Crippen LogP contribution in [-0.2, 0) is 4.79 Å². The summed E-state index contributed by atoms with van der Waals surface area (Å²) in [5, 5.41) is 0. The summed E-state index contributed by atoms with van der Waals surface area (Å²) in [4.78, 5) is 11.2. The summed E-state index contributed by atoms with van der Waals surface area (Å²) in [7, 11) is 0. The Hall–Kier alpha value is -1.31. The average molecular weight is 204 g/mol. The second-order valence-corrected chi connectivity index (χ2v) is 4.29. The summed E-state index contributed by atoms with van der Waals surface area (Å²) in [6.07, 6.45) is 0.895. The zero-order valence-corrected chi connectivity index (χ0v) is 9.19. The number of fused-ring (bicyclic) bond motifs is 1. The highest BCUT2D eigenvalue weighted by atomic mass is 16.5. The Kier molecular flexibility index (Phi) is 2.76. The van der Waals surface area contributed by atoms with Crippen molar-refractivity contribution in [1.82, 2.24) is 0 Å². The molecule has 2 unspecified atom stereocenters. The van der Waals surface area contributed by atoms with Gasteiger partial charge in [0.05, 0.1) is 6.61 Å². The molecule has 0 bridgehead atoms. The lowest BCUT2D eigenvalue weighted by molar-refractivity contribution is -0.120. The molecule has 0 saturated carbocycles. The molecule has 0 fully saturated rings. The van der Waals surface area contributed by atoms with E-state index in [1.165, 1.54) is 5.56 Å². The molecule has 0 N–H and O–H groups in total. The maximum atomic E-state index is 11.2. The van der Waals surface area contributed by atoms with Gasteiger partial charge in [-0.05, 0) is 19.4 Å². The monoisotopic (exact) mass is 204 g/mol. The van der Waals surface area contributed by atoms with Crippen LogP contribution in [0.1, 0.15) is 31.7 Å². The largest absolute Gasteiger partial charge is 0.493 e. The van der Waals surface area contributed by atoms with Crippen LogP contribution in [0, 0.1) is 5.92 Å². The van der Waals surface area contributed by atoms with Gasteiger partial charge in [-0.2, -0.15) is 0 Å². The fraction of sp³-hybridized carbons (Fsp3) is 0.462. The number of hydrogen-bond donors (Lipinski definition) is 0. The van der Waals surface area contributed by atoms with Crippen molar-refractivity contribution in [3.8, 4) is 5.75 Å². The van der Waals surface area contributed by atoms with E-state index in [9.17, 15) is 4.79 Å². The Balaban J connectivity index is 2.11. The highest BCUT2D eigenvalue weighted by Crippen LogP contribution is 2.37. The second-order valence-electron chi connectivity index (χ2n) is 4.29.